The molecule has 5 nitrogen and oxygen atoms in total. The molecule has 1 unspecified atom stereocenters. The van der Waals surface area contributed by atoms with Crippen molar-refractivity contribution in [2.45, 2.75) is 19.8 Å². The van der Waals surface area contributed by atoms with Crippen LogP contribution < -0.4 is 10.6 Å². The van der Waals surface area contributed by atoms with E-state index in [1.54, 1.807) is 12.1 Å². The Hall–Kier alpha value is -0.980. The lowest BCUT2D eigenvalue weighted by Gasteiger charge is -2.15. The molecule has 0 radical (unpaired) electrons. The SMILES string of the molecule is CCC(CNC(=O)Nc1ccc(Br)c(Cl)c1Cl)CC(=O)O. The van der Waals surface area contributed by atoms with E-state index in [1.165, 1.54) is 0 Å². The predicted molar refractivity (Wildman–Crippen MR) is 87.2 cm³/mol. The van der Waals surface area contributed by atoms with Crippen molar-refractivity contribution in [1.29, 1.82) is 0 Å². The number of amides is 2. The molecule has 2 amide bonds. The van der Waals surface area contributed by atoms with Crippen LogP contribution in [0, 0.1) is 5.92 Å². The lowest BCUT2D eigenvalue weighted by atomic mass is 10.0. The molecule has 1 atom stereocenters. The quantitative estimate of drug-likeness (QED) is 0.623. The minimum atomic E-state index is -0.883. The normalized spacial score (nSPS) is 11.8. The van der Waals surface area contributed by atoms with Crippen molar-refractivity contribution in [3.8, 4) is 0 Å². The van der Waals surface area contributed by atoms with E-state index in [4.69, 9.17) is 28.3 Å². The predicted octanol–water partition coefficient (Wildman–Crippen LogP) is 4.38. The molecule has 0 bridgehead atoms. The van der Waals surface area contributed by atoms with Gasteiger partial charge in [0.1, 0.15) is 0 Å². The number of hydrogen-bond donors (Lipinski definition) is 3. The summed E-state index contributed by atoms with van der Waals surface area (Å²) in [7, 11) is 0. The summed E-state index contributed by atoms with van der Waals surface area (Å²) in [5.74, 6) is -0.996. The molecule has 0 saturated heterocycles. The number of hydrogen-bond acceptors (Lipinski definition) is 2. The maximum absolute atomic E-state index is 11.8. The molecule has 0 fully saturated rings. The summed E-state index contributed by atoms with van der Waals surface area (Å²) in [5, 5.41) is 14.5. The van der Waals surface area contributed by atoms with E-state index in [-0.39, 0.29) is 23.9 Å². The first kappa shape index (κ1) is 18.1. The summed E-state index contributed by atoms with van der Waals surface area (Å²) in [4.78, 5) is 22.4. The number of rotatable bonds is 6. The van der Waals surface area contributed by atoms with Gasteiger partial charge in [0.2, 0.25) is 0 Å². The Kier molecular flexibility index (Phi) is 7.28. The van der Waals surface area contributed by atoms with Gasteiger partial charge in [-0.2, -0.15) is 0 Å². The number of nitrogens with one attached hydrogen (secondary N) is 2. The lowest BCUT2D eigenvalue weighted by molar-refractivity contribution is -0.138. The molecular weight excluding hydrogens is 383 g/mol. The van der Waals surface area contributed by atoms with E-state index in [0.29, 0.717) is 21.6 Å². The molecule has 0 aliphatic carbocycles. The number of carbonyl (C=O) groups is 2. The number of aliphatic carboxylic acids is 1. The minimum Gasteiger partial charge on any atom is -0.481 e. The van der Waals surface area contributed by atoms with Crippen LogP contribution in [0.2, 0.25) is 10.0 Å². The van der Waals surface area contributed by atoms with Crippen LogP contribution in [0.25, 0.3) is 0 Å². The number of carboxylic acid groups (broad SMARTS) is 1. The zero-order valence-corrected chi connectivity index (χ0v) is 14.3. The molecule has 0 aliphatic rings. The summed E-state index contributed by atoms with van der Waals surface area (Å²) >= 11 is 15.2. The van der Waals surface area contributed by atoms with Gasteiger partial charge in [-0.1, -0.05) is 36.5 Å². The van der Waals surface area contributed by atoms with E-state index >= 15 is 0 Å². The number of carbonyl (C=O) groups excluding carboxylic acids is 1. The van der Waals surface area contributed by atoms with Gasteiger partial charge in [0.25, 0.3) is 0 Å². The summed E-state index contributed by atoms with van der Waals surface area (Å²) < 4.78 is 0.632. The summed E-state index contributed by atoms with van der Waals surface area (Å²) in [6.07, 6.45) is 0.680. The average molecular weight is 398 g/mol. The molecule has 3 N–H and O–H groups in total. The van der Waals surface area contributed by atoms with Gasteiger partial charge < -0.3 is 15.7 Å². The van der Waals surface area contributed by atoms with Crippen molar-refractivity contribution >= 4 is 56.8 Å². The topological polar surface area (TPSA) is 78.4 Å². The molecule has 8 heteroatoms. The average Bonchev–Trinajstić information content (AvgIpc) is 2.43. The molecule has 0 spiro atoms. The number of anilines is 1. The van der Waals surface area contributed by atoms with Crippen LogP contribution in [0.5, 0.6) is 0 Å². The lowest BCUT2D eigenvalue weighted by Crippen LogP contribution is -2.33. The third-order valence-electron chi connectivity index (χ3n) is 2.88. The molecule has 116 valence electrons. The van der Waals surface area contributed by atoms with Crippen molar-refractivity contribution < 1.29 is 14.7 Å². The van der Waals surface area contributed by atoms with Gasteiger partial charge in [0, 0.05) is 17.4 Å². The van der Waals surface area contributed by atoms with Crippen molar-refractivity contribution in [3.05, 3.63) is 26.7 Å². The van der Waals surface area contributed by atoms with Gasteiger partial charge in [0.15, 0.2) is 0 Å². The summed E-state index contributed by atoms with van der Waals surface area (Å²) in [6, 6.07) is 2.83. The largest absolute Gasteiger partial charge is 0.481 e. The fraction of sp³-hybridized carbons (Fsp3) is 0.385. The van der Waals surface area contributed by atoms with Gasteiger partial charge in [-0.15, -0.1) is 0 Å². The van der Waals surface area contributed by atoms with Crippen LogP contribution in [0.3, 0.4) is 0 Å². The maximum atomic E-state index is 11.8. The van der Waals surface area contributed by atoms with Crippen molar-refractivity contribution in [2.24, 2.45) is 5.92 Å². The second kappa shape index (κ2) is 8.46. The number of urea groups is 1. The van der Waals surface area contributed by atoms with E-state index in [0.717, 1.165) is 0 Å². The first-order valence-corrected chi connectivity index (χ1v) is 7.80. The Labute approximate surface area is 141 Å². The second-order valence-electron chi connectivity index (χ2n) is 4.43. The van der Waals surface area contributed by atoms with Crippen molar-refractivity contribution in [2.75, 3.05) is 11.9 Å². The van der Waals surface area contributed by atoms with Gasteiger partial charge >= 0.3 is 12.0 Å². The maximum Gasteiger partial charge on any atom is 0.319 e. The molecular formula is C13H15BrCl2N2O3. The summed E-state index contributed by atoms with van der Waals surface area (Å²) in [5.41, 5.74) is 0.383. The van der Waals surface area contributed by atoms with Gasteiger partial charge in [-0.25, -0.2) is 4.79 Å². The van der Waals surface area contributed by atoms with E-state index < -0.39 is 12.0 Å². The highest BCUT2D eigenvalue weighted by Gasteiger charge is 2.14. The first-order valence-electron chi connectivity index (χ1n) is 6.25. The van der Waals surface area contributed by atoms with Gasteiger partial charge in [-0.05, 0) is 34.0 Å². The highest BCUT2D eigenvalue weighted by Crippen LogP contribution is 2.35. The summed E-state index contributed by atoms with van der Waals surface area (Å²) in [6.45, 7) is 2.15. The Bertz CT molecular complexity index is 540. The highest BCUT2D eigenvalue weighted by molar-refractivity contribution is 9.10. The zero-order valence-electron chi connectivity index (χ0n) is 11.3. The van der Waals surface area contributed by atoms with Crippen LogP contribution in [0.4, 0.5) is 10.5 Å². The van der Waals surface area contributed by atoms with E-state index in [9.17, 15) is 9.59 Å². The van der Waals surface area contributed by atoms with E-state index in [1.807, 2.05) is 6.92 Å². The second-order valence-corrected chi connectivity index (χ2v) is 6.04. The molecule has 1 aromatic carbocycles. The monoisotopic (exact) mass is 396 g/mol. The Morgan fingerprint density at radius 2 is 2.00 bits per heavy atom. The number of benzene rings is 1. The molecule has 1 rings (SSSR count). The molecule has 0 saturated carbocycles. The van der Waals surface area contributed by atoms with Crippen LogP contribution >= 0.6 is 39.1 Å². The van der Waals surface area contributed by atoms with E-state index in [2.05, 4.69) is 26.6 Å². The number of halogens is 3. The van der Waals surface area contributed by atoms with Gasteiger partial charge in [0.05, 0.1) is 15.7 Å². The van der Waals surface area contributed by atoms with Crippen molar-refractivity contribution in [3.63, 3.8) is 0 Å². The van der Waals surface area contributed by atoms with Crippen LogP contribution in [-0.4, -0.2) is 23.7 Å². The first-order chi connectivity index (χ1) is 9.85. The minimum absolute atomic E-state index is 0.0155. The van der Waals surface area contributed by atoms with Crippen LogP contribution in [-0.2, 0) is 4.79 Å². The fourth-order valence-electron chi connectivity index (χ4n) is 1.63. The van der Waals surface area contributed by atoms with Crippen molar-refractivity contribution in [1.82, 2.24) is 5.32 Å². The molecule has 0 heterocycles. The Morgan fingerprint density at radius 3 is 2.57 bits per heavy atom. The highest BCUT2D eigenvalue weighted by atomic mass is 79.9. The van der Waals surface area contributed by atoms with Crippen LogP contribution in [0.1, 0.15) is 19.8 Å². The zero-order chi connectivity index (χ0) is 16.0. The Morgan fingerprint density at radius 1 is 1.33 bits per heavy atom. The Balaban J connectivity index is 2.58. The molecule has 0 aliphatic heterocycles. The molecule has 0 aromatic heterocycles. The fourth-order valence-corrected chi connectivity index (χ4v) is 2.46. The third kappa shape index (κ3) is 5.73. The standard InChI is InChI=1S/C13H15BrCl2N2O3/c1-2-7(5-10(19)20)6-17-13(21)18-9-4-3-8(14)11(15)12(9)16/h3-4,7H,2,5-6H2,1H3,(H,19,20)(H2,17,18,21). The number of carboxylic acids is 1. The third-order valence-corrected chi connectivity index (χ3v) is 4.65. The van der Waals surface area contributed by atoms with Gasteiger partial charge in [-0.3, -0.25) is 4.79 Å². The van der Waals surface area contributed by atoms with Crippen LogP contribution in [0.15, 0.2) is 16.6 Å². The smallest absolute Gasteiger partial charge is 0.319 e. The molecule has 21 heavy (non-hydrogen) atoms. The molecule has 1 aromatic rings.